The van der Waals surface area contributed by atoms with Gasteiger partial charge in [-0.1, -0.05) is 18.2 Å². The van der Waals surface area contributed by atoms with Crippen LogP contribution in [0.5, 0.6) is 5.75 Å². The number of methoxy groups -OCH3 is 1. The third-order valence-electron chi connectivity index (χ3n) is 3.87. The number of benzene rings is 1. The number of para-hydroxylation sites is 1. The highest BCUT2D eigenvalue weighted by atomic mass is 32.1. The maximum Gasteiger partial charge on any atom is 0.272 e. The second-order valence-corrected chi connectivity index (χ2v) is 5.98. The van der Waals surface area contributed by atoms with Gasteiger partial charge in [0.25, 0.3) is 5.91 Å². The Kier molecular flexibility index (Phi) is 3.94. The van der Waals surface area contributed by atoms with Crippen LogP contribution in [0.3, 0.4) is 0 Å². The molecule has 1 aliphatic rings. The van der Waals surface area contributed by atoms with Crippen molar-refractivity contribution in [3.05, 3.63) is 46.2 Å². The topological polar surface area (TPSA) is 55.6 Å². The van der Waals surface area contributed by atoms with Crippen LogP contribution < -0.4 is 15.4 Å². The first-order chi connectivity index (χ1) is 10.3. The number of fused-ring (bicyclic) bond motifs is 1. The van der Waals surface area contributed by atoms with Crippen LogP contribution in [0.2, 0.25) is 0 Å². The lowest BCUT2D eigenvalue weighted by Crippen LogP contribution is -2.29. The van der Waals surface area contributed by atoms with E-state index in [-0.39, 0.29) is 5.91 Å². The predicted octanol–water partition coefficient (Wildman–Crippen LogP) is 2.85. The fraction of sp³-hybridized carbons (Fsp3) is 0.312. The highest BCUT2D eigenvalue weighted by Crippen LogP contribution is 2.39. The molecule has 5 heteroatoms. The Labute approximate surface area is 128 Å². The van der Waals surface area contributed by atoms with Gasteiger partial charge >= 0.3 is 0 Å². The summed E-state index contributed by atoms with van der Waals surface area (Å²) < 4.78 is 5.27. The van der Waals surface area contributed by atoms with Crippen LogP contribution in [-0.4, -0.2) is 26.1 Å². The number of ether oxygens (including phenoxy) is 1. The molecule has 0 saturated heterocycles. The minimum atomic E-state index is 0.00817. The fourth-order valence-electron chi connectivity index (χ4n) is 2.87. The lowest BCUT2D eigenvalue weighted by molar-refractivity contribution is 0.0989. The third-order valence-corrected chi connectivity index (χ3v) is 4.76. The molecule has 0 saturated carbocycles. The summed E-state index contributed by atoms with van der Waals surface area (Å²) in [4.78, 5) is 15.3. The van der Waals surface area contributed by atoms with Crippen LogP contribution >= 0.6 is 11.3 Å². The van der Waals surface area contributed by atoms with E-state index in [1.807, 2.05) is 34.5 Å². The van der Waals surface area contributed by atoms with Gasteiger partial charge in [0, 0.05) is 18.2 Å². The number of carbonyl (C=O) groups is 1. The summed E-state index contributed by atoms with van der Waals surface area (Å²) in [5, 5.41) is 1.88. The first-order valence-electron chi connectivity index (χ1n) is 6.98. The molecule has 0 aliphatic carbocycles. The highest BCUT2D eigenvalue weighted by Gasteiger charge is 2.33. The van der Waals surface area contributed by atoms with Gasteiger partial charge in [0.1, 0.15) is 10.6 Å². The van der Waals surface area contributed by atoms with Crippen molar-refractivity contribution in [1.82, 2.24) is 0 Å². The van der Waals surface area contributed by atoms with Crippen molar-refractivity contribution in [1.29, 1.82) is 0 Å². The van der Waals surface area contributed by atoms with Gasteiger partial charge in [0.05, 0.1) is 7.11 Å². The van der Waals surface area contributed by atoms with Crippen molar-refractivity contribution in [2.75, 3.05) is 25.1 Å². The number of hydrogen-bond donors (Lipinski definition) is 1. The summed E-state index contributed by atoms with van der Waals surface area (Å²) in [6.45, 7) is 1.32. The van der Waals surface area contributed by atoms with Crippen molar-refractivity contribution >= 4 is 22.9 Å². The molecule has 110 valence electrons. The molecule has 1 aromatic heterocycles. The Morgan fingerprint density at radius 1 is 1.43 bits per heavy atom. The lowest BCUT2D eigenvalue weighted by atomic mass is 9.98. The number of rotatable bonds is 4. The van der Waals surface area contributed by atoms with E-state index in [9.17, 15) is 4.79 Å². The van der Waals surface area contributed by atoms with E-state index in [1.54, 1.807) is 7.11 Å². The van der Waals surface area contributed by atoms with Gasteiger partial charge in [-0.05, 0) is 36.0 Å². The van der Waals surface area contributed by atoms with E-state index in [2.05, 4.69) is 6.07 Å². The molecule has 0 fully saturated rings. The number of nitrogens with zero attached hydrogens (tertiary/aromatic N) is 1. The maximum absolute atomic E-state index is 12.8. The summed E-state index contributed by atoms with van der Waals surface area (Å²) in [5.74, 6) is 0.972. The summed E-state index contributed by atoms with van der Waals surface area (Å²) in [6, 6.07) is 9.91. The average Bonchev–Trinajstić information content (AvgIpc) is 3.12. The summed E-state index contributed by atoms with van der Waals surface area (Å²) in [5.41, 5.74) is 7.92. The molecule has 1 atom stereocenters. The molecule has 2 aromatic rings. The van der Waals surface area contributed by atoms with Crippen LogP contribution in [0.25, 0.3) is 0 Å². The second kappa shape index (κ2) is 5.87. The van der Waals surface area contributed by atoms with E-state index in [0.29, 0.717) is 29.6 Å². The number of nitrogens with two attached hydrogens (primary N) is 1. The first-order valence-corrected chi connectivity index (χ1v) is 7.86. The van der Waals surface area contributed by atoms with Crippen molar-refractivity contribution < 1.29 is 9.53 Å². The monoisotopic (exact) mass is 302 g/mol. The normalized spacial score (nSPS) is 16.9. The van der Waals surface area contributed by atoms with Crippen molar-refractivity contribution in [3.8, 4) is 5.75 Å². The molecule has 4 nitrogen and oxygen atoms in total. The van der Waals surface area contributed by atoms with E-state index >= 15 is 0 Å². The largest absolute Gasteiger partial charge is 0.495 e. The minimum Gasteiger partial charge on any atom is -0.495 e. The van der Waals surface area contributed by atoms with Gasteiger partial charge in [0.2, 0.25) is 0 Å². The number of hydrogen-bond acceptors (Lipinski definition) is 4. The number of amides is 1. The molecule has 2 N–H and O–H groups in total. The highest BCUT2D eigenvalue weighted by molar-refractivity contribution is 7.12. The molecule has 3 rings (SSSR count). The van der Waals surface area contributed by atoms with Crippen LogP contribution in [0, 0.1) is 0 Å². The first kappa shape index (κ1) is 14.1. The third kappa shape index (κ3) is 2.43. The number of thiophene rings is 1. The van der Waals surface area contributed by atoms with Gasteiger partial charge in [-0.15, -0.1) is 11.3 Å². The van der Waals surface area contributed by atoms with E-state index in [0.717, 1.165) is 12.1 Å². The zero-order valence-corrected chi connectivity index (χ0v) is 12.7. The van der Waals surface area contributed by atoms with E-state index in [4.69, 9.17) is 10.5 Å². The zero-order valence-electron chi connectivity index (χ0n) is 11.9. The van der Waals surface area contributed by atoms with Gasteiger partial charge in [-0.2, -0.15) is 0 Å². The Morgan fingerprint density at radius 3 is 3.00 bits per heavy atom. The fourth-order valence-corrected chi connectivity index (χ4v) is 3.68. The Morgan fingerprint density at radius 2 is 2.24 bits per heavy atom. The molecule has 2 heterocycles. The summed E-state index contributed by atoms with van der Waals surface area (Å²) in [7, 11) is 1.59. The molecule has 0 radical (unpaired) electrons. The second-order valence-electron chi connectivity index (χ2n) is 5.07. The molecule has 1 amide bonds. The molecule has 0 bridgehead atoms. The summed E-state index contributed by atoms with van der Waals surface area (Å²) >= 11 is 1.42. The predicted molar refractivity (Wildman–Crippen MR) is 85.4 cm³/mol. The summed E-state index contributed by atoms with van der Waals surface area (Å²) in [6.07, 6.45) is 0.891. The van der Waals surface area contributed by atoms with Crippen LogP contribution in [0.15, 0.2) is 35.7 Å². The molecular formula is C16H18N2O2S. The Hall–Kier alpha value is -1.85. The molecule has 1 unspecified atom stereocenters. The van der Waals surface area contributed by atoms with Crippen molar-refractivity contribution in [2.24, 2.45) is 5.73 Å². The van der Waals surface area contributed by atoms with Gasteiger partial charge in [-0.25, -0.2) is 0 Å². The van der Waals surface area contributed by atoms with Crippen molar-refractivity contribution in [2.45, 2.75) is 12.3 Å². The van der Waals surface area contributed by atoms with E-state index in [1.165, 1.54) is 16.9 Å². The lowest BCUT2D eigenvalue weighted by Gasteiger charge is -2.17. The van der Waals surface area contributed by atoms with Gasteiger partial charge < -0.3 is 15.4 Å². The van der Waals surface area contributed by atoms with Crippen LogP contribution in [0.4, 0.5) is 5.69 Å². The SMILES string of the molecule is COc1ccsc1C(=O)N1CC(CCN)c2ccccc21. The Balaban J connectivity index is 1.95. The van der Waals surface area contributed by atoms with Crippen LogP contribution in [-0.2, 0) is 0 Å². The number of anilines is 1. The smallest absolute Gasteiger partial charge is 0.272 e. The molecule has 21 heavy (non-hydrogen) atoms. The van der Waals surface area contributed by atoms with E-state index < -0.39 is 0 Å². The minimum absolute atomic E-state index is 0.00817. The van der Waals surface area contributed by atoms with Gasteiger partial charge in [-0.3, -0.25) is 4.79 Å². The molecular weight excluding hydrogens is 284 g/mol. The van der Waals surface area contributed by atoms with Crippen LogP contribution in [0.1, 0.15) is 27.6 Å². The Bertz CT molecular complexity index is 653. The molecule has 0 spiro atoms. The average molecular weight is 302 g/mol. The molecule has 1 aromatic carbocycles. The zero-order chi connectivity index (χ0) is 14.8. The van der Waals surface area contributed by atoms with Crippen molar-refractivity contribution in [3.63, 3.8) is 0 Å². The van der Waals surface area contributed by atoms with Gasteiger partial charge in [0.15, 0.2) is 0 Å². The quantitative estimate of drug-likeness (QED) is 0.945. The standard InChI is InChI=1S/C16H18N2O2S/c1-20-14-7-9-21-15(14)16(19)18-10-11(6-8-17)12-4-2-3-5-13(12)18/h2-5,7,9,11H,6,8,10,17H2,1H3. The number of carbonyl (C=O) groups excluding carboxylic acids is 1. The maximum atomic E-state index is 12.8. The molecule has 1 aliphatic heterocycles.